The molecule has 0 atom stereocenters. The van der Waals surface area contributed by atoms with Crippen molar-refractivity contribution in [2.24, 2.45) is 0 Å². The minimum atomic E-state index is -0.674. The highest BCUT2D eigenvalue weighted by molar-refractivity contribution is 6.35. The van der Waals surface area contributed by atoms with E-state index in [-0.39, 0.29) is 16.0 Å². The van der Waals surface area contributed by atoms with E-state index < -0.39 is 5.82 Å². The summed E-state index contributed by atoms with van der Waals surface area (Å²) >= 11 is 11.3. The van der Waals surface area contributed by atoms with E-state index in [4.69, 9.17) is 23.2 Å². The molecule has 0 radical (unpaired) electrons. The lowest BCUT2D eigenvalue weighted by atomic mass is 10.3. The van der Waals surface area contributed by atoms with Crippen molar-refractivity contribution in [1.29, 1.82) is 0 Å². The van der Waals surface area contributed by atoms with Gasteiger partial charge < -0.3 is 10.6 Å². The summed E-state index contributed by atoms with van der Waals surface area (Å²) in [6, 6.07) is 3.26. The molecule has 0 saturated heterocycles. The van der Waals surface area contributed by atoms with E-state index in [1.165, 1.54) is 25.0 Å². The highest BCUT2D eigenvalue weighted by Gasteiger charge is 2.20. The molecule has 6 heteroatoms. The van der Waals surface area contributed by atoms with Crippen molar-refractivity contribution in [2.45, 2.75) is 25.3 Å². The highest BCUT2D eigenvalue weighted by Crippen LogP contribution is 2.27. The molecule has 1 aromatic carbocycles. The summed E-state index contributed by atoms with van der Waals surface area (Å²) in [5.41, 5.74) is 0.405. The van der Waals surface area contributed by atoms with Crippen molar-refractivity contribution in [3.05, 3.63) is 28.0 Å². The Kier molecular flexibility index (Phi) is 4.43. The van der Waals surface area contributed by atoms with E-state index in [1.807, 2.05) is 0 Å². The van der Waals surface area contributed by atoms with E-state index in [0.717, 1.165) is 0 Å². The molecule has 0 spiro atoms. The molecule has 1 amide bonds. The molecule has 2 N–H and O–H groups in total. The SMILES string of the molecule is O=C(CCNC1CC1)Nc1cc(Cl)c(F)c(Cl)c1. The maximum Gasteiger partial charge on any atom is 0.225 e. The number of nitrogens with one attached hydrogen (secondary N) is 2. The van der Waals surface area contributed by atoms with Crippen LogP contribution in [0.25, 0.3) is 0 Å². The maximum absolute atomic E-state index is 13.2. The number of hydrogen-bond donors (Lipinski definition) is 2. The molecular weight excluding hydrogens is 278 g/mol. The van der Waals surface area contributed by atoms with Gasteiger partial charge in [0.15, 0.2) is 5.82 Å². The number of halogens is 3. The monoisotopic (exact) mass is 290 g/mol. The van der Waals surface area contributed by atoms with Crippen LogP contribution in [0.2, 0.25) is 10.0 Å². The Hall–Kier alpha value is -0.840. The maximum atomic E-state index is 13.2. The number of rotatable bonds is 5. The van der Waals surface area contributed by atoms with Crippen LogP contribution in [0.4, 0.5) is 10.1 Å². The second kappa shape index (κ2) is 5.87. The van der Waals surface area contributed by atoms with E-state index in [1.54, 1.807) is 0 Å². The van der Waals surface area contributed by atoms with Gasteiger partial charge in [-0.3, -0.25) is 4.79 Å². The zero-order valence-corrected chi connectivity index (χ0v) is 11.1. The number of hydrogen-bond acceptors (Lipinski definition) is 2. The van der Waals surface area contributed by atoms with Gasteiger partial charge in [-0.15, -0.1) is 0 Å². The average Bonchev–Trinajstić information content (AvgIpc) is 3.09. The predicted octanol–water partition coefficient (Wildman–Crippen LogP) is 3.21. The molecule has 2 rings (SSSR count). The molecule has 1 aliphatic carbocycles. The first-order valence-corrected chi connectivity index (χ1v) is 6.49. The van der Waals surface area contributed by atoms with Crippen LogP contribution in [0.15, 0.2) is 12.1 Å². The third kappa shape index (κ3) is 3.83. The molecule has 0 aliphatic heterocycles. The zero-order chi connectivity index (χ0) is 13.1. The predicted molar refractivity (Wildman–Crippen MR) is 70.7 cm³/mol. The summed E-state index contributed by atoms with van der Waals surface area (Å²) in [6.07, 6.45) is 2.73. The van der Waals surface area contributed by atoms with Crippen LogP contribution in [0.5, 0.6) is 0 Å². The van der Waals surface area contributed by atoms with Crippen LogP contribution in [-0.4, -0.2) is 18.5 Å². The normalized spacial score (nSPS) is 14.6. The van der Waals surface area contributed by atoms with Crippen molar-refractivity contribution >= 4 is 34.8 Å². The number of anilines is 1. The van der Waals surface area contributed by atoms with Gasteiger partial charge >= 0.3 is 0 Å². The Balaban J connectivity index is 1.85. The fourth-order valence-electron chi connectivity index (χ4n) is 1.53. The van der Waals surface area contributed by atoms with E-state index in [9.17, 15) is 9.18 Å². The van der Waals surface area contributed by atoms with Crippen molar-refractivity contribution in [1.82, 2.24) is 5.32 Å². The van der Waals surface area contributed by atoms with Crippen LogP contribution in [-0.2, 0) is 4.79 Å². The first-order chi connectivity index (χ1) is 8.56. The van der Waals surface area contributed by atoms with Crippen molar-refractivity contribution in [2.75, 3.05) is 11.9 Å². The number of carbonyl (C=O) groups is 1. The lowest BCUT2D eigenvalue weighted by Gasteiger charge is -2.07. The summed E-state index contributed by atoms with van der Waals surface area (Å²) < 4.78 is 13.2. The Bertz CT molecular complexity index is 440. The van der Waals surface area contributed by atoms with Crippen molar-refractivity contribution in [3.63, 3.8) is 0 Å². The first-order valence-electron chi connectivity index (χ1n) is 5.74. The fourth-order valence-corrected chi connectivity index (χ4v) is 2.02. The minimum Gasteiger partial charge on any atom is -0.326 e. The van der Waals surface area contributed by atoms with Gasteiger partial charge in [-0.25, -0.2) is 4.39 Å². The molecule has 1 aromatic rings. The van der Waals surface area contributed by atoms with Gasteiger partial charge in [0.05, 0.1) is 10.0 Å². The quantitative estimate of drug-likeness (QED) is 0.818. The van der Waals surface area contributed by atoms with Crippen LogP contribution >= 0.6 is 23.2 Å². The summed E-state index contributed by atoms with van der Waals surface area (Å²) in [5, 5.41) is 5.66. The molecular formula is C12H13Cl2FN2O. The average molecular weight is 291 g/mol. The topological polar surface area (TPSA) is 41.1 Å². The first kappa shape index (κ1) is 13.6. The molecule has 98 valence electrons. The molecule has 1 fully saturated rings. The van der Waals surface area contributed by atoms with Gasteiger partial charge in [0, 0.05) is 24.7 Å². The van der Waals surface area contributed by atoms with Crippen LogP contribution in [0.1, 0.15) is 19.3 Å². The Morgan fingerprint density at radius 3 is 2.50 bits per heavy atom. The van der Waals surface area contributed by atoms with Crippen molar-refractivity contribution in [3.8, 4) is 0 Å². The van der Waals surface area contributed by atoms with Crippen molar-refractivity contribution < 1.29 is 9.18 Å². The van der Waals surface area contributed by atoms with E-state index in [0.29, 0.717) is 24.7 Å². The summed E-state index contributed by atoms with van der Waals surface area (Å²) in [4.78, 5) is 11.6. The third-order valence-electron chi connectivity index (χ3n) is 2.63. The van der Waals surface area contributed by atoms with Gasteiger partial charge in [-0.05, 0) is 25.0 Å². The number of amides is 1. The smallest absolute Gasteiger partial charge is 0.225 e. The second-order valence-corrected chi connectivity index (χ2v) is 5.09. The van der Waals surface area contributed by atoms with Crippen LogP contribution < -0.4 is 10.6 Å². The van der Waals surface area contributed by atoms with Gasteiger partial charge in [0.25, 0.3) is 0 Å². The molecule has 0 aromatic heterocycles. The summed E-state index contributed by atoms with van der Waals surface area (Å²) in [5.74, 6) is -0.825. The van der Waals surface area contributed by atoms with E-state index >= 15 is 0 Å². The van der Waals surface area contributed by atoms with Gasteiger partial charge in [0.1, 0.15) is 0 Å². The number of benzene rings is 1. The van der Waals surface area contributed by atoms with Crippen LogP contribution in [0.3, 0.4) is 0 Å². The van der Waals surface area contributed by atoms with Gasteiger partial charge in [-0.2, -0.15) is 0 Å². The summed E-state index contributed by atoms with van der Waals surface area (Å²) in [7, 11) is 0. The van der Waals surface area contributed by atoms with Gasteiger partial charge in [-0.1, -0.05) is 23.2 Å². The molecule has 1 saturated carbocycles. The number of carbonyl (C=O) groups excluding carboxylic acids is 1. The molecule has 3 nitrogen and oxygen atoms in total. The van der Waals surface area contributed by atoms with Gasteiger partial charge in [0.2, 0.25) is 5.91 Å². The Labute approximate surface area is 115 Å². The minimum absolute atomic E-state index is 0.103. The Morgan fingerprint density at radius 2 is 1.94 bits per heavy atom. The van der Waals surface area contributed by atoms with E-state index in [2.05, 4.69) is 10.6 Å². The zero-order valence-electron chi connectivity index (χ0n) is 9.60. The molecule has 0 heterocycles. The molecule has 18 heavy (non-hydrogen) atoms. The van der Waals surface area contributed by atoms with Crippen LogP contribution in [0, 0.1) is 5.82 Å². The standard InChI is InChI=1S/C12H13Cl2FN2O/c13-9-5-8(6-10(14)12(9)15)17-11(18)3-4-16-7-1-2-7/h5-7,16H,1-4H2,(H,17,18). The fraction of sp³-hybridized carbons (Fsp3) is 0.417. The highest BCUT2D eigenvalue weighted by atomic mass is 35.5. The second-order valence-electron chi connectivity index (χ2n) is 4.28. The Morgan fingerprint density at radius 1 is 1.33 bits per heavy atom. The molecule has 0 bridgehead atoms. The molecule has 1 aliphatic rings. The summed E-state index contributed by atoms with van der Waals surface area (Å²) in [6.45, 7) is 0.638. The largest absolute Gasteiger partial charge is 0.326 e. The lowest BCUT2D eigenvalue weighted by molar-refractivity contribution is -0.116. The lowest BCUT2D eigenvalue weighted by Crippen LogP contribution is -2.23. The molecule has 0 unspecified atom stereocenters. The third-order valence-corrected chi connectivity index (χ3v) is 3.18.